The molecule has 0 bridgehead atoms. The van der Waals surface area contributed by atoms with Gasteiger partial charge in [0, 0.05) is 23.9 Å². The number of fused-ring (bicyclic) bond motifs is 1. The largest absolute Gasteiger partial charge is 0.462 e. The van der Waals surface area contributed by atoms with E-state index >= 15 is 0 Å². The third-order valence-electron chi connectivity index (χ3n) is 6.99. The highest BCUT2D eigenvalue weighted by Gasteiger charge is 2.45. The first-order valence-electron chi connectivity index (χ1n) is 12.9. The number of rotatable bonds is 10. The Morgan fingerprint density at radius 1 is 0.889 bits per heavy atom. The SMILES string of the molecule is CCCC(OCOC)(Oc1ccc([Si](c2ccccc2)C(C)(C)C)cc1)C1Cc2ccc(Br)cc2C1. The van der Waals surface area contributed by atoms with E-state index in [2.05, 4.69) is 116 Å². The highest BCUT2D eigenvalue weighted by atomic mass is 79.9. The number of ether oxygens (including phenoxy) is 3. The zero-order valence-corrected chi connectivity index (χ0v) is 24.7. The molecule has 0 heterocycles. The van der Waals surface area contributed by atoms with Crippen molar-refractivity contribution in [1.29, 1.82) is 0 Å². The third kappa shape index (κ3) is 6.13. The van der Waals surface area contributed by atoms with E-state index in [0.29, 0.717) is 0 Å². The smallest absolute Gasteiger partial charge is 0.216 e. The molecule has 3 aromatic carbocycles. The molecule has 2 atom stereocenters. The van der Waals surface area contributed by atoms with Crippen molar-refractivity contribution in [1.82, 2.24) is 0 Å². The summed E-state index contributed by atoms with van der Waals surface area (Å²) in [6.45, 7) is 9.44. The topological polar surface area (TPSA) is 27.7 Å². The predicted molar refractivity (Wildman–Crippen MR) is 154 cm³/mol. The minimum Gasteiger partial charge on any atom is -0.462 e. The van der Waals surface area contributed by atoms with E-state index in [-0.39, 0.29) is 17.7 Å². The molecule has 1 aliphatic carbocycles. The monoisotopic (exact) mass is 565 g/mol. The van der Waals surface area contributed by atoms with Crippen LogP contribution in [-0.4, -0.2) is 28.5 Å². The van der Waals surface area contributed by atoms with Crippen molar-refractivity contribution in [3.63, 3.8) is 0 Å². The first-order chi connectivity index (χ1) is 17.3. The lowest BCUT2D eigenvalue weighted by molar-refractivity contribution is -0.256. The molecule has 0 amide bonds. The van der Waals surface area contributed by atoms with Crippen molar-refractivity contribution in [2.75, 3.05) is 13.9 Å². The second-order valence-electron chi connectivity index (χ2n) is 10.7. The number of hydrogen-bond acceptors (Lipinski definition) is 3. The zero-order valence-electron chi connectivity index (χ0n) is 22.1. The van der Waals surface area contributed by atoms with E-state index in [4.69, 9.17) is 14.2 Å². The lowest BCUT2D eigenvalue weighted by atomic mass is 9.91. The Morgan fingerprint density at radius 3 is 2.19 bits per heavy atom. The molecule has 0 aromatic heterocycles. The van der Waals surface area contributed by atoms with Gasteiger partial charge < -0.3 is 14.2 Å². The van der Waals surface area contributed by atoms with Gasteiger partial charge in [0.25, 0.3) is 0 Å². The van der Waals surface area contributed by atoms with Crippen LogP contribution in [0.2, 0.25) is 5.04 Å². The third-order valence-corrected chi connectivity index (χ3v) is 10.8. The van der Waals surface area contributed by atoms with Crippen molar-refractivity contribution in [3.05, 3.63) is 88.4 Å². The highest BCUT2D eigenvalue weighted by molar-refractivity contribution is 9.10. The summed E-state index contributed by atoms with van der Waals surface area (Å²) >= 11 is 3.63. The molecule has 0 saturated carbocycles. The molecule has 1 radical (unpaired) electrons. The van der Waals surface area contributed by atoms with Crippen molar-refractivity contribution >= 4 is 35.1 Å². The molecular weight excluding hydrogens is 528 g/mol. The van der Waals surface area contributed by atoms with Crippen LogP contribution in [0.3, 0.4) is 0 Å². The molecule has 36 heavy (non-hydrogen) atoms. The fourth-order valence-electron chi connectivity index (χ4n) is 5.49. The summed E-state index contributed by atoms with van der Waals surface area (Å²) in [7, 11) is 0.707. The van der Waals surface area contributed by atoms with Gasteiger partial charge >= 0.3 is 0 Å². The van der Waals surface area contributed by atoms with Crippen LogP contribution in [0.1, 0.15) is 51.7 Å². The minimum atomic E-state index is -0.965. The summed E-state index contributed by atoms with van der Waals surface area (Å²) < 4.78 is 19.7. The van der Waals surface area contributed by atoms with Crippen molar-refractivity contribution < 1.29 is 14.2 Å². The molecule has 0 fully saturated rings. The maximum Gasteiger partial charge on any atom is 0.216 e. The Balaban J connectivity index is 1.63. The van der Waals surface area contributed by atoms with Gasteiger partial charge in [0.1, 0.15) is 14.5 Å². The van der Waals surface area contributed by atoms with Crippen molar-refractivity contribution in [2.24, 2.45) is 5.92 Å². The summed E-state index contributed by atoms with van der Waals surface area (Å²) in [5.41, 5.74) is 2.75. The second-order valence-corrected chi connectivity index (χ2v) is 15.1. The number of hydrogen-bond donors (Lipinski definition) is 0. The van der Waals surface area contributed by atoms with Gasteiger partial charge in [-0.05, 0) is 59.7 Å². The van der Waals surface area contributed by atoms with Crippen LogP contribution in [0.15, 0.2) is 77.3 Å². The normalized spacial score (nSPS) is 17.1. The van der Waals surface area contributed by atoms with Gasteiger partial charge in [-0.25, -0.2) is 0 Å². The van der Waals surface area contributed by atoms with Crippen LogP contribution >= 0.6 is 15.9 Å². The molecule has 0 N–H and O–H groups in total. The van der Waals surface area contributed by atoms with Crippen LogP contribution < -0.4 is 15.1 Å². The molecule has 5 heteroatoms. The number of benzene rings is 3. The van der Waals surface area contributed by atoms with Gasteiger partial charge in [-0.15, -0.1) is 0 Å². The van der Waals surface area contributed by atoms with E-state index in [0.717, 1.165) is 35.9 Å². The van der Waals surface area contributed by atoms with Crippen LogP contribution in [0.5, 0.6) is 5.75 Å². The van der Waals surface area contributed by atoms with Crippen molar-refractivity contribution in [2.45, 2.75) is 64.2 Å². The molecule has 0 aliphatic heterocycles. The van der Waals surface area contributed by atoms with E-state index in [9.17, 15) is 0 Å². The standard InChI is InChI=1S/C31H38BrO3Si/c1-6-18-31(34-22-33-5,25-19-23-12-13-26(32)21-24(23)20-25)35-27-14-16-29(17-15-27)36(30(2,3)4)28-10-8-7-9-11-28/h7-17,21,25H,6,18-20,22H2,1-5H3. The fourth-order valence-corrected chi connectivity index (χ4v) is 8.99. The zero-order chi connectivity index (χ0) is 25.8. The van der Waals surface area contributed by atoms with Gasteiger partial charge in [-0.1, -0.05) is 103 Å². The summed E-state index contributed by atoms with van der Waals surface area (Å²) in [4.78, 5) is 0. The minimum absolute atomic E-state index is 0.186. The second kappa shape index (κ2) is 11.6. The van der Waals surface area contributed by atoms with Gasteiger partial charge in [-0.3, -0.25) is 0 Å². The van der Waals surface area contributed by atoms with Crippen LogP contribution in [0.25, 0.3) is 0 Å². The number of halogens is 1. The van der Waals surface area contributed by atoms with Gasteiger partial charge in [-0.2, -0.15) is 0 Å². The van der Waals surface area contributed by atoms with E-state index in [1.54, 1.807) is 7.11 Å². The van der Waals surface area contributed by atoms with Crippen LogP contribution in [0, 0.1) is 5.92 Å². The quantitative estimate of drug-likeness (QED) is 0.200. The average molecular weight is 567 g/mol. The van der Waals surface area contributed by atoms with Gasteiger partial charge in [0.2, 0.25) is 5.79 Å². The molecule has 4 rings (SSSR count). The Morgan fingerprint density at radius 2 is 1.56 bits per heavy atom. The molecular formula is C31H38BrO3Si. The lowest BCUT2D eigenvalue weighted by Crippen LogP contribution is -2.49. The first-order valence-corrected chi connectivity index (χ1v) is 15.2. The molecule has 0 spiro atoms. The summed E-state index contributed by atoms with van der Waals surface area (Å²) in [5.74, 6) is 0.327. The Bertz CT molecular complexity index is 1130. The van der Waals surface area contributed by atoms with Crippen LogP contribution in [0.4, 0.5) is 0 Å². The molecule has 2 unspecified atom stereocenters. The first kappa shape index (κ1) is 27.1. The number of methoxy groups -OCH3 is 1. The predicted octanol–water partition coefficient (Wildman–Crippen LogP) is 6.77. The van der Waals surface area contributed by atoms with E-state index in [1.165, 1.54) is 21.5 Å². The van der Waals surface area contributed by atoms with Crippen molar-refractivity contribution in [3.8, 4) is 5.75 Å². The molecule has 0 saturated heterocycles. The van der Waals surface area contributed by atoms with Gasteiger partial charge in [0.15, 0.2) is 6.79 Å². The maximum atomic E-state index is 6.81. The molecule has 1 aliphatic rings. The Labute approximate surface area is 226 Å². The summed E-state index contributed by atoms with van der Waals surface area (Å²) in [5, 5.41) is 3.01. The summed E-state index contributed by atoms with van der Waals surface area (Å²) in [6.07, 6.45) is 3.64. The van der Waals surface area contributed by atoms with Crippen LogP contribution in [-0.2, 0) is 22.3 Å². The molecule has 3 nitrogen and oxygen atoms in total. The summed E-state index contributed by atoms with van der Waals surface area (Å²) in [6, 6.07) is 26.3. The van der Waals surface area contributed by atoms with E-state index in [1.807, 2.05) is 0 Å². The Hall–Kier alpha value is -1.92. The highest BCUT2D eigenvalue weighted by Crippen LogP contribution is 2.41. The molecule has 3 aromatic rings. The van der Waals surface area contributed by atoms with Gasteiger partial charge in [0.05, 0.1) is 0 Å². The maximum absolute atomic E-state index is 6.81. The fraction of sp³-hybridized carbons (Fsp3) is 0.419. The van der Waals surface area contributed by atoms with E-state index < -0.39 is 14.6 Å². The lowest BCUT2D eigenvalue weighted by Gasteiger charge is -2.39. The molecule has 191 valence electrons. The average Bonchev–Trinajstić information content (AvgIpc) is 3.27. The Kier molecular flexibility index (Phi) is 8.77.